The zero-order valence-electron chi connectivity index (χ0n) is 15.9. The highest BCUT2D eigenvalue weighted by atomic mass is 16.5. The van der Waals surface area contributed by atoms with Gasteiger partial charge in [-0.3, -0.25) is 4.79 Å². The van der Waals surface area contributed by atoms with Gasteiger partial charge >= 0.3 is 0 Å². The molecular weight excluding hydrogens is 368 g/mol. The molecular formula is C23H20N2O4. The first kappa shape index (κ1) is 18.6. The molecule has 6 heteroatoms. The lowest BCUT2D eigenvalue weighted by molar-refractivity contribution is -0.116. The Morgan fingerprint density at radius 1 is 1.03 bits per heavy atom. The first-order valence-corrected chi connectivity index (χ1v) is 9.24. The van der Waals surface area contributed by atoms with Gasteiger partial charge in [0.05, 0.1) is 25.7 Å². The number of oxazole rings is 1. The Hall–Kier alpha value is -3.80. The third-order valence-electron chi connectivity index (χ3n) is 4.35. The third-order valence-corrected chi connectivity index (χ3v) is 4.35. The fourth-order valence-electron chi connectivity index (χ4n) is 2.94. The molecule has 0 aliphatic rings. The molecule has 3 aromatic carbocycles. The number of methoxy groups -OCH3 is 1. The van der Waals surface area contributed by atoms with Crippen LogP contribution in [-0.2, 0) is 4.79 Å². The number of hydrogen-bond acceptors (Lipinski definition) is 5. The van der Waals surface area contributed by atoms with E-state index in [2.05, 4.69) is 10.3 Å². The standard InChI is InChI=1S/C23H20N2O4/c1-27-20-10-6-5-9-18(20)23-25-19-12-11-16(15-21(19)29-23)24-22(26)13-14-28-17-7-3-2-4-8-17/h2-12,15H,13-14H2,1H3,(H,24,26). The second kappa shape index (κ2) is 8.48. The zero-order valence-corrected chi connectivity index (χ0v) is 15.9. The number of benzene rings is 3. The number of nitrogens with one attached hydrogen (secondary N) is 1. The van der Waals surface area contributed by atoms with Crippen molar-refractivity contribution in [3.63, 3.8) is 0 Å². The van der Waals surface area contributed by atoms with Gasteiger partial charge in [0.25, 0.3) is 0 Å². The molecule has 1 amide bonds. The molecule has 4 rings (SSSR count). The molecule has 1 N–H and O–H groups in total. The highest BCUT2D eigenvalue weighted by Gasteiger charge is 2.13. The number of aromatic nitrogens is 1. The average Bonchev–Trinajstić information content (AvgIpc) is 3.17. The van der Waals surface area contributed by atoms with Crippen LogP contribution in [0.5, 0.6) is 11.5 Å². The van der Waals surface area contributed by atoms with Crippen LogP contribution in [0.25, 0.3) is 22.6 Å². The van der Waals surface area contributed by atoms with Crippen molar-refractivity contribution in [2.45, 2.75) is 6.42 Å². The number of rotatable bonds is 7. The summed E-state index contributed by atoms with van der Waals surface area (Å²) < 4.78 is 16.8. The van der Waals surface area contributed by atoms with Crippen LogP contribution in [0.2, 0.25) is 0 Å². The molecule has 0 saturated heterocycles. The molecule has 4 aromatic rings. The fourth-order valence-corrected chi connectivity index (χ4v) is 2.94. The maximum Gasteiger partial charge on any atom is 0.231 e. The van der Waals surface area contributed by atoms with Crippen molar-refractivity contribution in [3.8, 4) is 23.0 Å². The molecule has 0 saturated carbocycles. The Balaban J connectivity index is 1.43. The van der Waals surface area contributed by atoms with E-state index in [0.29, 0.717) is 35.0 Å². The number of ether oxygens (including phenoxy) is 2. The van der Waals surface area contributed by atoms with Crippen molar-refractivity contribution in [2.24, 2.45) is 0 Å². The molecule has 1 heterocycles. The molecule has 6 nitrogen and oxygen atoms in total. The highest BCUT2D eigenvalue weighted by Crippen LogP contribution is 2.32. The van der Waals surface area contributed by atoms with Crippen LogP contribution in [0.3, 0.4) is 0 Å². The summed E-state index contributed by atoms with van der Waals surface area (Å²) in [6.45, 7) is 0.304. The van der Waals surface area contributed by atoms with Gasteiger partial charge in [0, 0.05) is 11.8 Å². The molecule has 0 aliphatic carbocycles. The summed E-state index contributed by atoms with van der Waals surface area (Å²) in [5.74, 6) is 1.76. The number of nitrogens with zero attached hydrogens (tertiary/aromatic N) is 1. The quantitative estimate of drug-likeness (QED) is 0.487. The number of hydrogen-bond donors (Lipinski definition) is 1. The van der Waals surface area contributed by atoms with Crippen LogP contribution in [0.15, 0.2) is 77.2 Å². The molecule has 0 aliphatic heterocycles. The van der Waals surface area contributed by atoms with Crippen molar-refractivity contribution < 1.29 is 18.7 Å². The Bertz CT molecular complexity index is 1120. The van der Waals surface area contributed by atoms with Gasteiger partial charge in [-0.15, -0.1) is 0 Å². The van der Waals surface area contributed by atoms with Gasteiger partial charge < -0.3 is 19.2 Å². The smallest absolute Gasteiger partial charge is 0.231 e. The minimum atomic E-state index is -0.134. The lowest BCUT2D eigenvalue weighted by atomic mass is 10.2. The summed E-state index contributed by atoms with van der Waals surface area (Å²) in [7, 11) is 1.61. The first-order valence-electron chi connectivity index (χ1n) is 9.24. The molecule has 0 spiro atoms. The maximum absolute atomic E-state index is 12.2. The van der Waals surface area contributed by atoms with Crippen LogP contribution < -0.4 is 14.8 Å². The monoisotopic (exact) mass is 388 g/mol. The van der Waals surface area contributed by atoms with Gasteiger partial charge in [-0.2, -0.15) is 0 Å². The second-order valence-electron chi connectivity index (χ2n) is 6.36. The summed E-state index contributed by atoms with van der Waals surface area (Å²) in [6, 6.07) is 22.3. The van der Waals surface area contributed by atoms with Crippen molar-refractivity contribution >= 4 is 22.7 Å². The lowest BCUT2D eigenvalue weighted by Crippen LogP contribution is -2.15. The van der Waals surface area contributed by atoms with Gasteiger partial charge in [0.1, 0.15) is 17.0 Å². The van der Waals surface area contributed by atoms with E-state index >= 15 is 0 Å². The van der Waals surface area contributed by atoms with Crippen molar-refractivity contribution in [1.29, 1.82) is 0 Å². The van der Waals surface area contributed by atoms with Gasteiger partial charge in [0.2, 0.25) is 11.8 Å². The molecule has 0 atom stereocenters. The highest BCUT2D eigenvalue weighted by molar-refractivity contribution is 5.93. The van der Waals surface area contributed by atoms with Gasteiger partial charge in [-0.25, -0.2) is 4.98 Å². The summed E-state index contributed by atoms with van der Waals surface area (Å²) >= 11 is 0. The van der Waals surface area contributed by atoms with Crippen LogP contribution in [0, 0.1) is 0 Å². The molecule has 0 fully saturated rings. The topological polar surface area (TPSA) is 73.6 Å². The average molecular weight is 388 g/mol. The minimum absolute atomic E-state index is 0.134. The van der Waals surface area contributed by atoms with Crippen LogP contribution in [-0.4, -0.2) is 24.6 Å². The number of fused-ring (bicyclic) bond motifs is 1. The normalized spacial score (nSPS) is 10.7. The van der Waals surface area contributed by atoms with Crippen LogP contribution >= 0.6 is 0 Å². The zero-order chi connectivity index (χ0) is 20.1. The van der Waals surface area contributed by atoms with E-state index in [9.17, 15) is 4.79 Å². The van der Waals surface area contributed by atoms with Crippen molar-refractivity contribution in [3.05, 3.63) is 72.8 Å². The third kappa shape index (κ3) is 4.38. The maximum atomic E-state index is 12.2. The lowest BCUT2D eigenvalue weighted by Gasteiger charge is -2.07. The number of carbonyl (C=O) groups is 1. The van der Waals surface area contributed by atoms with E-state index in [1.807, 2.05) is 60.7 Å². The Labute approximate surface area is 168 Å². The molecule has 0 bridgehead atoms. The van der Waals surface area contributed by atoms with Gasteiger partial charge in [0.15, 0.2) is 5.58 Å². The SMILES string of the molecule is COc1ccccc1-c1nc2ccc(NC(=O)CCOc3ccccc3)cc2o1. The summed E-state index contributed by atoms with van der Waals surface area (Å²) in [5, 5.41) is 2.86. The van der Waals surface area contributed by atoms with Crippen molar-refractivity contribution in [2.75, 3.05) is 19.0 Å². The van der Waals surface area contributed by atoms with Crippen LogP contribution in [0.4, 0.5) is 5.69 Å². The molecule has 146 valence electrons. The Morgan fingerprint density at radius 3 is 2.66 bits per heavy atom. The minimum Gasteiger partial charge on any atom is -0.496 e. The van der Waals surface area contributed by atoms with E-state index in [1.165, 1.54) is 0 Å². The van der Waals surface area contributed by atoms with Gasteiger partial charge in [-0.1, -0.05) is 30.3 Å². The molecule has 29 heavy (non-hydrogen) atoms. The molecule has 0 radical (unpaired) electrons. The number of amides is 1. The van der Waals surface area contributed by atoms with Crippen LogP contribution in [0.1, 0.15) is 6.42 Å². The predicted molar refractivity (Wildman–Crippen MR) is 111 cm³/mol. The number of para-hydroxylation sites is 2. The first-order chi connectivity index (χ1) is 14.2. The van der Waals surface area contributed by atoms with E-state index in [1.54, 1.807) is 19.2 Å². The number of anilines is 1. The summed E-state index contributed by atoms with van der Waals surface area (Å²) in [5.41, 5.74) is 2.71. The molecule has 1 aromatic heterocycles. The number of carbonyl (C=O) groups excluding carboxylic acids is 1. The largest absolute Gasteiger partial charge is 0.496 e. The van der Waals surface area contributed by atoms with E-state index in [4.69, 9.17) is 13.9 Å². The van der Waals surface area contributed by atoms with Crippen molar-refractivity contribution in [1.82, 2.24) is 4.98 Å². The summed E-state index contributed by atoms with van der Waals surface area (Å²) in [4.78, 5) is 16.7. The summed E-state index contributed by atoms with van der Waals surface area (Å²) in [6.07, 6.45) is 0.246. The Kier molecular flexibility index (Phi) is 5.42. The van der Waals surface area contributed by atoms with E-state index in [-0.39, 0.29) is 12.3 Å². The van der Waals surface area contributed by atoms with Gasteiger partial charge in [-0.05, 0) is 36.4 Å². The van der Waals surface area contributed by atoms with E-state index in [0.717, 1.165) is 11.3 Å². The Morgan fingerprint density at radius 2 is 1.83 bits per heavy atom. The fraction of sp³-hybridized carbons (Fsp3) is 0.130. The predicted octanol–water partition coefficient (Wildman–Crippen LogP) is 4.91. The second-order valence-corrected chi connectivity index (χ2v) is 6.36. The van der Waals surface area contributed by atoms with E-state index < -0.39 is 0 Å². The molecule has 0 unspecified atom stereocenters.